The van der Waals surface area contributed by atoms with Crippen LogP contribution in [-0.4, -0.2) is 47.5 Å². The second-order valence-electron chi connectivity index (χ2n) is 6.48. The average molecular weight is 331 g/mol. The Labute approximate surface area is 142 Å². The lowest BCUT2D eigenvalue weighted by atomic mass is 9.79. The third-order valence-electron chi connectivity index (χ3n) is 4.48. The summed E-state index contributed by atoms with van der Waals surface area (Å²) in [5.74, 6) is 0. The average Bonchev–Trinajstić information content (AvgIpc) is 3.14. The molecule has 1 aromatic carbocycles. The van der Waals surface area contributed by atoms with Crippen molar-refractivity contribution in [3.8, 4) is 0 Å². The number of nitrogens with zero attached hydrogens (tertiary/aromatic N) is 3. The molecule has 0 spiro atoms. The number of hydrogen-bond acceptors (Lipinski definition) is 5. The van der Waals surface area contributed by atoms with E-state index in [-0.39, 0.29) is 17.6 Å². The molecule has 24 heavy (non-hydrogen) atoms. The summed E-state index contributed by atoms with van der Waals surface area (Å²) in [4.78, 5) is 4.13. The maximum atomic E-state index is 6.19. The Morgan fingerprint density at radius 2 is 2.00 bits per heavy atom. The third-order valence-corrected chi connectivity index (χ3v) is 4.48. The topological polar surface area (TPSA) is 58.4 Å². The van der Waals surface area contributed by atoms with Crippen LogP contribution in [0.1, 0.15) is 25.5 Å². The van der Waals surface area contributed by atoms with E-state index in [2.05, 4.69) is 41.3 Å². The van der Waals surface area contributed by atoms with Gasteiger partial charge in [0.1, 0.15) is 19.4 Å². The molecule has 0 amide bonds. The summed E-state index contributed by atoms with van der Waals surface area (Å²) < 4.78 is 19.3. The minimum Gasteiger partial charge on any atom is -0.376 e. The molecule has 0 radical (unpaired) electrons. The summed E-state index contributed by atoms with van der Waals surface area (Å²) in [5, 5.41) is 4.39. The predicted octanol–water partition coefficient (Wildman–Crippen LogP) is 2.48. The van der Waals surface area contributed by atoms with Gasteiger partial charge in [0.05, 0.1) is 25.4 Å². The second kappa shape index (κ2) is 7.88. The molecule has 1 aromatic heterocycles. The van der Waals surface area contributed by atoms with Crippen LogP contribution in [0.3, 0.4) is 0 Å². The standard InChI is InChI=1S/C18H25N3O3/c1-3-24-17(18(2)10-22-14-23-11-18)16(21-13-19-12-20-21)9-15-7-5-4-6-8-15/h4-8,12-13,16-17H,3,9-11,14H2,1-2H3. The van der Waals surface area contributed by atoms with E-state index in [1.165, 1.54) is 5.56 Å². The van der Waals surface area contributed by atoms with Gasteiger partial charge in [0.25, 0.3) is 0 Å². The molecule has 1 fully saturated rings. The van der Waals surface area contributed by atoms with Crippen LogP contribution >= 0.6 is 0 Å². The number of hydrogen-bond donors (Lipinski definition) is 0. The summed E-state index contributed by atoms with van der Waals surface area (Å²) >= 11 is 0. The van der Waals surface area contributed by atoms with E-state index < -0.39 is 0 Å². The zero-order valence-corrected chi connectivity index (χ0v) is 14.3. The highest BCUT2D eigenvalue weighted by atomic mass is 16.7. The van der Waals surface area contributed by atoms with Crippen LogP contribution in [0.25, 0.3) is 0 Å². The molecule has 2 atom stereocenters. The van der Waals surface area contributed by atoms with E-state index in [9.17, 15) is 0 Å². The van der Waals surface area contributed by atoms with Crippen molar-refractivity contribution in [3.05, 3.63) is 48.5 Å². The van der Waals surface area contributed by atoms with Crippen LogP contribution in [0.5, 0.6) is 0 Å². The van der Waals surface area contributed by atoms with Crippen molar-refractivity contribution >= 4 is 0 Å². The molecule has 2 heterocycles. The number of benzene rings is 1. The Hall–Kier alpha value is -1.76. The second-order valence-corrected chi connectivity index (χ2v) is 6.48. The highest BCUT2D eigenvalue weighted by molar-refractivity contribution is 5.16. The molecule has 1 aliphatic heterocycles. The molecular weight excluding hydrogens is 306 g/mol. The summed E-state index contributed by atoms with van der Waals surface area (Å²) in [6.45, 7) is 6.36. The fraction of sp³-hybridized carbons (Fsp3) is 0.556. The molecule has 6 heteroatoms. The smallest absolute Gasteiger partial charge is 0.146 e. The molecule has 1 saturated heterocycles. The first-order valence-electron chi connectivity index (χ1n) is 8.38. The maximum absolute atomic E-state index is 6.19. The lowest BCUT2D eigenvalue weighted by molar-refractivity contribution is -0.205. The largest absolute Gasteiger partial charge is 0.376 e. The van der Waals surface area contributed by atoms with E-state index in [1.807, 2.05) is 17.7 Å². The SMILES string of the molecule is CCOC(C(Cc1ccccc1)n1cncn1)C1(C)COCOC1. The number of ether oxygens (including phenoxy) is 3. The van der Waals surface area contributed by atoms with Crippen LogP contribution < -0.4 is 0 Å². The maximum Gasteiger partial charge on any atom is 0.146 e. The van der Waals surface area contributed by atoms with Crippen molar-refractivity contribution in [2.75, 3.05) is 26.6 Å². The first-order valence-corrected chi connectivity index (χ1v) is 8.38. The van der Waals surface area contributed by atoms with Gasteiger partial charge in [0, 0.05) is 12.0 Å². The Morgan fingerprint density at radius 1 is 1.25 bits per heavy atom. The van der Waals surface area contributed by atoms with Gasteiger partial charge in [-0.05, 0) is 18.9 Å². The van der Waals surface area contributed by atoms with Crippen LogP contribution in [-0.2, 0) is 20.6 Å². The summed E-state index contributed by atoms with van der Waals surface area (Å²) in [5.41, 5.74) is 1.00. The van der Waals surface area contributed by atoms with Gasteiger partial charge >= 0.3 is 0 Å². The van der Waals surface area contributed by atoms with Gasteiger partial charge in [-0.2, -0.15) is 5.10 Å². The van der Waals surface area contributed by atoms with E-state index >= 15 is 0 Å². The number of aromatic nitrogens is 3. The van der Waals surface area contributed by atoms with Crippen LogP contribution in [0.15, 0.2) is 43.0 Å². The molecule has 6 nitrogen and oxygen atoms in total. The Kier molecular flexibility index (Phi) is 5.60. The van der Waals surface area contributed by atoms with Crippen LogP contribution in [0.4, 0.5) is 0 Å². The van der Waals surface area contributed by atoms with Gasteiger partial charge in [0.15, 0.2) is 0 Å². The molecule has 0 bridgehead atoms. The van der Waals surface area contributed by atoms with Crippen molar-refractivity contribution in [1.29, 1.82) is 0 Å². The molecule has 1 aliphatic rings. The zero-order chi connectivity index (χ0) is 16.8. The first kappa shape index (κ1) is 17.1. The summed E-state index contributed by atoms with van der Waals surface area (Å²) in [6.07, 6.45) is 4.04. The summed E-state index contributed by atoms with van der Waals surface area (Å²) in [6, 6.07) is 10.4. The summed E-state index contributed by atoms with van der Waals surface area (Å²) in [7, 11) is 0. The lowest BCUT2D eigenvalue weighted by Gasteiger charge is -2.43. The van der Waals surface area contributed by atoms with Gasteiger partial charge in [-0.1, -0.05) is 37.3 Å². The molecule has 0 aliphatic carbocycles. The number of rotatable bonds is 7. The van der Waals surface area contributed by atoms with E-state index in [0.717, 1.165) is 6.42 Å². The van der Waals surface area contributed by atoms with Crippen LogP contribution in [0.2, 0.25) is 0 Å². The van der Waals surface area contributed by atoms with Crippen molar-refractivity contribution in [3.63, 3.8) is 0 Å². The van der Waals surface area contributed by atoms with E-state index in [1.54, 1.807) is 12.7 Å². The quantitative estimate of drug-likeness (QED) is 0.780. The van der Waals surface area contributed by atoms with Crippen LogP contribution in [0, 0.1) is 5.41 Å². The lowest BCUT2D eigenvalue weighted by Crippen LogP contribution is -2.50. The van der Waals surface area contributed by atoms with Gasteiger partial charge in [-0.25, -0.2) is 9.67 Å². The third kappa shape index (κ3) is 3.83. The minimum atomic E-state index is -0.236. The molecule has 130 valence electrons. The molecule has 2 aromatic rings. The highest BCUT2D eigenvalue weighted by Crippen LogP contribution is 2.36. The molecule has 0 N–H and O–H groups in total. The van der Waals surface area contributed by atoms with Crippen molar-refractivity contribution in [2.45, 2.75) is 32.4 Å². The van der Waals surface area contributed by atoms with E-state index in [4.69, 9.17) is 14.2 Å². The Morgan fingerprint density at radius 3 is 2.62 bits per heavy atom. The Balaban J connectivity index is 1.91. The normalized spacial score (nSPS) is 19.8. The first-order chi connectivity index (χ1) is 11.7. The zero-order valence-electron chi connectivity index (χ0n) is 14.3. The molecule has 2 unspecified atom stereocenters. The molecular formula is C18H25N3O3. The fourth-order valence-electron chi connectivity index (χ4n) is 3.35. The van der Waals surface area contributed by atoms with Gasteiger partial charge in [-0.15, -0.1) is 0 Å². The predicted molar refractivity (Wildman–Crippen MR) is 89.5 cm³/mol. The van der Waals surface area contributed by atoms with Gasteiger partial charge < -0.3 is 14.2 Å². The van der Waals surface area contributed by atoms with Gasteiger partial charge in [-0.3, -0.25) is 0 Å². The highest BCUT2D eigenvalue weighted by Gasteiger charge is 2.43. The molecule has 3 rings (SSSR count). The monoisotopic (exact) mass is 331 g/mol. The Bertz CT molecular complexity index is 597. The van der Waals surface area contributed by atoms with Crippen molar-refractivity contribution < 1.29 is 14.2 Å². The minimum absolute atomic E-state index is 0.0187. The van der Waals surface area contributed by atoms with Gasteiger partial charge in [0.2, 0.25) is 0 Å². The molecule has 0 saturated carbocycles. The fourth-order valence-corrected chi connectivity index (χ4v) is 3.35. The van der Waals surface area contributed by atoms with Crippen molar-refractivity contribution in [1.82, 2.24) is 14.8 Å². The van der Waals surface area contributed by atoms with Crippen molar-refractivity contribution in [2.24, 2.45) is 5.41 Å². The van der Waals surface area contributed by atoms with E-state index in [0.29, 0.717) is 26.6 Å².